The molecule has 2 unspecified atom stereocenters. The number of aryl methyl sites for hydroxylation is 1. The Hall–Kier alpha value is -2.40. The molecule has 1 aliphatic rings. The van der Waals surface area contributed by atoms with E-state index in [0.717, 1.165) is 25.3 Å². The van der Waals surface area contributed by atoms with Crippen molar-refractivity contribution in [3.63, 3.8) is 0 Å². The van der Waals surface area contributed by atoms with Crippen molar-refractivity contribution in [2.45, 2.75) is 33.4 Å². The number of benzene rings is 1. The number of nitrogens with zero attached hydrogens (tertiary/aromatic N) is 2. The first kappa shape index (κ1) is 18.4. The van der Waals surface area contributed by atoms with E-state index in [1.807, 2.05) is 31.2 Å². The van der Waals surface area contributed by atoms with Crippen molar-refractivity contribution < 1.29 is 4.79 Å². The summed E-state index contributed by atoms with van der Waals surface area (Å²) < 4.78 is 0. The highest BCUT2D eigenvalue weighted by atomic mass is 16.2. The fourth-order valence-electron chi connectivity index (χ4n) is 3.85. The Labute approximate surface area is 155 Å². The van der Waals surface area contributed by atoms with E-state index >= 15 is 0 Å². The number of pyridine rings is 1. The van der Waals surface area contributed by atoms with Gasteiger partial charge in [-0.05, 0) is 36.5 Å². The van der Waals surface area contributed by atoms with Gasteiger partial charge in [0, 0.05) is 31.4 Å². The summed E-state index contributed by atoms with van der Waals surface area (Å²) in [5.74, 6) is 1.36. The summed E-state index contributed by atoms with van der Waals surface area (Å²) in [7, 11) is 0. The van der Waals surface area contributed by atoms with Gasteiger partial charge in [0.15, 0.2) is 0 Å². The van der Waals surface area contributed by atoms with Gasteiger partial charge in [0.1, 0.15) is 5.82 Å². The fraction of sp³-hybridized carbons (Fsp3) is 0.429. The number of anilines is 1. The normalized spacial score (nSPS) is 23.4. The van der Waals surface area contributed by atoms with Crippen molar-refractivity contribution in [1.82, 2.24) is 15.2 Å². The number of piperidine rings is 1. The van der Waals surface area contributed by atoms with Gasteiger partial charge in [-0.15, -0.1) is 0 Å². The zero-order valence-electron chi connectivity index (χ0n) is 15.8. The van der Waals surface area contributed by atoms with Crippen LogP contribution in [0.15, 0.2) is 48.5 Å². The van der Waals surface area contributed by atoms with E-state index in [4.69, 9.17) is 0 Å². The van der Waals surface area contributed by atoms with Gasteiger partial charge in [0.2, 0.25) is 0 Å². The Morgan fingerprint density at radius 2 is 1.77 bits per heavy atom. The third-order valence-electron chi connectivity index (χ3n) is 5.00. The molecule has 1 aliphatic heterocycles. The lowest BCUT2D eigenvalue weighted by atomic mass is 9.85. The van der Waals surface area contributed by atoms with Crippen molar-refractivity contribution in [3.8, 4) is 0 Å². The largest absolute Gasteiger partial charge is 0.334 e. The number of urea groups is 1. The molecule has 0 spiro atoms. The number of hydrogen-bond acceptors (Lipinski definition) is 3. The van der Waals surface area contributed by atoms with E-state index in [1.165, 1.54) is 5.56 Å². The SMILES string of the molecule is Cc1cccc(NC(=O)NC2C(C)CN(Cc3ccccc3)CC2C)n1. The van der Waals surface area contributed by atoms with Crippen LogP contribution in [0.5, 0.6) is 0 Å². The summed E-state index contributed by atoms with van der Waals surface area (Å²) in [4.78, 5) is 19.2. The Morgan fingerprint density at radius 3 is 2.42 bits per heavy atom. The minimum Gasteiger partial charge on any atom is -0.334 e. The molecule has 2 N–H and O–H groups in total. The van der Waals surface area contributed by atoms with Crippen LogP contribution in [0.25, 0.3) is 0 Å². The number of aromatic nitrogens is 1. The molecule has 0 saturated carbocycles. The van der Waals surface area contributed by atoms with Gasteiger partial charge in [-0.1, -0.05) is 50.2 Å². The van der Waals surface area contributed by atoms with Crippen LogP contribution in [0.2, 0.25) is 0 Å². The number of carbonyl (C=O) groups excluding carboxylic acids is 1. The zero-order valence-corrected chi connectivity index (χ0v) is 15.8. The third kappa shape index (κ3) is 4.82. The first-order valence-electron chi connectivity index (χ1n) is 9.28. The number of hydrogen-bond donors (Lipinski definition) is 2. The van der Waals surface area contributed by atoms with Crippen LogP contribution in [-0.4, -0.2) is 35.0 Å². The summed E-state index contributed by atoms with van der Waals surface area (Å²) in [6.07, 6.45) is 0. The Morgan fingerprint density at radius 1 is 1.08 bits per heavy atom. The number of nitrogens with one attached hydrogen (secondary N) is 2. The molecule has 2 heterocycles. The monoisotopic (exact) mass is 352 g/mol. The third-order valence-corrected chi connectivity index (χ3v) is 5.00. The molecule has 26 heavy (non-hydrogen) atoms. The molecule has 1 aromatic carbocycles. The molecular weight excluding hydrogens is 324 g/mol. The van der Waals surface area contributed by atoms with E-state index in [1.54, 1.807) is 0 Å². The van der Waals surface area contributed by atoms with Crippen molar-refractivity contribution in [2.75, 3.05) is 18.4 Å². The van der Waals surface area contributed by atoms with E-state index < -0.39 is 0 Å². The first-order chi connectivity index (χ1) is 12.5. The molecule has 0 bridgehead atoms. The topological polar surface area (TPSA) is 57.3 Å². The molecule has 1 saturated heterocycles. The van der Waals surface area contributed by atoms with Crippen LogP contribution >= 0.6 is 0 Å². The van der Waals surface area contributed by atoms with Crippen molar-refractivity contribution >= 4 is 11.8 Å². The molecule has 5 nitrogen and oxygen atoms in total. The molecular formula is C21H28N4O. The number of likely N-dealkylation sites (tertiary alicyclic amines) is 1. The van der Waals surface area contributed by atoms with Gasteiger partial charge in [-0.2, -0.15) is 0 Å². The molecule has 1 aromatic heterocycles. The molecule has 0 aliphatic carbocycles. The van der Waals surface area contributed by atoms with Crippen LogP contribution < -0.4 is 10.6 Å². The summed E-state index contributed by atoms with van der Waals surface area (Å²) in [6.45, 7) is 9.25. The average Bonchev–Trinajstić information content (AvgIpc) is 2.59. The second kappa shape index (κ2) is 8.32. The Bertz CT molecular complexity index is 722. The molecule has 2 atom stereocenters. The smallest absolute Gasteiger partial charge is 0.320 e. The summed E-state index contributed by atoms with van der Waals surface area (Å²) >= 11 is 0. The van der Waals surface area contributed by atoms with E-state index in [2.05, 4.69) is 58.6 Å². The van der Waals surface area contributed by atoms with E-state index in [9.17, 15) is 4.79 Å². The Balaban J connectivity index is 1.55. The number of carbonyl (C=O) groups is 1. The first-order valence-corrected chi connectivity index (χ1v) is 9.28. The van der Waals surface area contributed by atoms with E-state index in [0.29, 0.717) is 17.7 Å². The second-order valence-electron chi connectivity index (χ2n) is 7.42. The van der Waals surface area contributed by atoms with Crippen LogP contribution in [0.3, 0.4) is 0 Å². The van der Waals surface area contributed by atoms with Crippen LogP contribution in [-0.2, 0) is 6.54 Å². The molecule has 3 rings (SSSR count). The maximum atomic E-state index is 12.4. The van der Waals surface area contributed by atoms with Crippen LogP contribution in [0, 0.1) is 18.8 Å². The molecule has 1 fully saturated rings. The van der Waals surface area contributed by atoms with Crippen molar-refractivity contribution in [1.29, 1.82) is 0 Å². The summed E-state index contributed by atoms with van der Waals surface area (Å²) in [5, 5.41) is 6.00. The van der Waals surface area contributed by atoms with Gasteiger partial charge >= 0.3 is 6.03 Å². The van der Waals surface area contributed by atoms with E-state index in [-0.39, 0.29) is 12.1 Å². The molecule has 138 valence electrons. The predicted molar refractivity (Wildman–Crippen MR) is 105 cm³/mol. The van der Waals surface area contributed by atoms with Crippen LogP contribution in [0.1, 0.15) is 25.1 Å². The zero-order chi connectivity index (χ0) is 18.5. The van der Waals surface area contributed by atoms with Gasteiger partial charge < -0.3 is 5.32 Å². The van der Waals surface area contributed by atoms with Gasteiger partial charge in [0.25, 0.3) is 0 Å². The van der Waals surface area contributed by atoms with Crippen LogP contribution in [0.4, 0.5) is 10.6 Å². The molecule has 2 amide bonds. The highest BCUT2D eigenvalue weighted by Gasteiger charge is 2.32. The highest BCUT2D eigenvalue weighted by molar-refractivity contribution is 5.88. The maximum absolute atomic E-state index is 12.4. The molecule has 2 aromatic rings. The Kier molecular flexibility index (Phi) is 5.89. The summed E-state index contributed by atoms with van der Waals surface area (Å²) in [5.41, 5.74) is 2.22. The predicted octanol–water partition coefficient (Wildman–Crippen LogP) is 3.67. The minimum absolute atomic E-state index is 0.159. The maximum Gasteiger partial charge on any atom is 0.320 e. The molecule has 5 heteroatoms. The lowest BCUT2D eigenvalue weighted by molar-refractivity contribution is 0.0994. The minimum atomic E-state index is -0.177. The second-order valence-corrected chi connectivity index (χ2v) is 7.42. The lowest BCUT2D eigenvalue weighted by Crippen LogP contribution is -2.55. The van der Waals surface area contributed by atoms with Gasteiger partial charge in [-0.3, -0.25) is 10.2 Å². The highest BCUT2D eigenvalue weighted by Crippen LogP contribution is 2.23. The molecule has 0 radical (unpaired) electrons. The standard InChI is InChI=1S/C21H28N4O/c1-15-12-25(14-18-9-5-4-6-10-18)13-16(2)20(15)24-21(26)23-19-11-7-8-17(3)22-19/h4-11,15-16,20H,12-14H2,1-3H3,(H2,22,23,24,26). The van der Waals surface area contributed by atoms with Crippen molar-refractivity contribution in [2.24, 2.45) is 11.8 Å². The lowest BCUT2D eigenvalue weighted by Gasteiger charge is -2.41. The van der Waals surface area contributed by atoms with Gasteiger partial charge in [0.05, 0.1) is 0 Å². The van der Waals surface area contributed by atoms with Crippen molar-refractivity contribution in [3.05, 3.63) is 59.8 Å². The number of rotatable bonds is 4. The fourth-order valence-corrected chi connectivity index (χ4v) is 3.85. The number of amides is 2. The summed E-state index contributed by atoms with van der Waals surface area (Å²) in [6, 6.07) is 16.1. The van der Waals surface area contributed by atoms with Gasteiger partial charge in [-0.25, -0.2) is 9.78 Å². The quantitative estimate of drug-likeness (QED) is 0.883. The average molecular weight is 352 g/mol.